The summed E-state index contributed by atoms with van der Waals surface area (Å²) < 4.78 is 46.1. The molecule has 4 fully saturated rings. The van der Waals surface area contributed by atoms with Crippen LogP contribution in [0.25, 0.3) is 10.9 Å². The standard InChI is InChI=1S/C47H64N6O9S/c1-7-31-18-19-47(31,43(56)52-63(58,59)46(6)20-21-46)51-41(55)37-26-33(28-53(37)39(54)27-45(3,4)5)61-42-35(13-10-8-9-12-30-25-38(30)62-44(48)57)40(60-23-11-22-49-32-15-16-32)34-17-14-29(2)24-36(34)50-42/h7,14,17,24,30-33,37-38,49H,1,8-13,15-16,20-23,25-28H2,2-6H3,(H2,48,57)(H,51,55)(H,52,56)/t30-,31-,33-,37+,38-,47-/m1/s1. The molecule has 1 aliphatic heterocycles. The zero-order chi connectivity index (χ0) is 45.3. The fourth-order valence-corrected chi connectivity index (χ4v) is 9.75. The molecule has 4 aliphatic carbocycles. The number of aryl methyl sites for hydroxylation is 1. The van der Waals surface area contributed by atoms with E-state index in [2.05, 4.69) is 33.8 Å². The largest absolute Gasteiger partial charge is 0.492 e. The van der Waals surface area contributed by atoms with Crippen molar-refractivity contribution < 1.29 is 41.8 Å². The Bertz CT molecular complexity index is 2290. The lowest BCUT2D eigenvalue weighted by Crippen LogP contribution is -2.67. The predicted molar refractivity (Wildman–Crippen MR) is 238 cm³/mol. The van der Waals surface area contributed by atoms with E-state index in [1.54, 1.807) is 6.92 Å². The molecular formula is C47H64N6O9S. The number of carbonyl (C=O) groups excluding carboxylic acids is 4. The van der Waals surface area contributed by atoms with Crippen molar-refractivity contribution in [3.8, 4) is 23.5 Å². The summed E-state index contributed by atoms with van der Waals surface area (Å²) in [5.41, 5.74) is 5.44. The molecule has 0 radical (unpaired) electrons. The summed E-state index contributed by atoms with van der Waals surface area (Å²) >= 11 is 0. The number of aromatic nitrogens is 1. The van der Waals surface area contributed by atoms with E-state index in [0.717, 1.165) is 61.6 Å². The van der Waals surface area contributed by atoms with Crippen molar-refractivity contribution in [2.45, 2.75) is 153 Å². The van der Waals surface area contributed by atoms with E-state index in [1.807, 2.05) is 45.9 Å². The van der Waals surface area contributed by atoms with E-state index < -0.39 is 61.7 Å². The molecule has 15 nitrogen and oxygen atoms in total. The highest BCUT2D eigenvalue weighted by atomic mass is 32.2. The SMILES string of the molecule is C=C[C@@H]1C#C[C@]1(NC(=O)[C@@H]1C[C@@H](Oc2nc3cc(C)ccc3c(OCCCNC3CC3)c2CCCCC[C@@H]2C[C@H]2OC(N)=O)CN1C(=O)CC(C)(C)C)C(=O)NS(=O)(=O)C1(C)CC1. The van der Waals surface area contributed by atoms with Gasteiger partial charge in [0.15, 0.2) is 5.54 Å². The van der Waals surface area contributed by atoms with Crippen LogP contribution in [0, 0.1) is 36.0 Å². The van der Waals surface area contributed by atoms with Crippen LogP contribution in [0.1, 0.15) is 116 Å². The average Bonchev–Trinajstić information content (AvgIpc) is 4.14. The number of nitrogens with one attached hydrogen (secondary N) is 3. The topological polar surface area (TPSA) is 208 Å². The number of benzene rings is 1. The van der Waals surface area contributed by atoms with Crippen LogP contribution in [0.3, 0.4) is 0 Å². The van der Waals surface area contributed by atoms with Gasteiger partial charge in [-0.15, -0.1) is 6.58 Å². The summed E-state index contributed by atoms with van der Waals surface area (Å²) in [7, 11) is -4.05. The van der Waals surface area contributed by atoms with Crippen molar-refractivity contribution in [2.75, 3.05) is 19.7 Å². The van der Waals surface area contributed by atoms with Crippen LogP contribution in [0.4, 0.5) is 4.79 Å². The van der Waals surface area contributed by atoms with Gasteiger partial charge in [0, 0.05) is 24.3 Å². The monoisotopic (exact) mass is 888 g/mol. The van der Waals surface area contributed by atoms with Gasteiger partial charge in [0.1, 0.15) is 24.0 Å². The minimum absolute atomic E-state index is 0.0709. The highest BCUT2D eigenvalue weighted by molar-refractivity contribution is 7.91. The quantitative estimate of drug-likeness (QED) is 0.0694. The molecule has 2 heterocycles. The fourth-order valence-electron chi connectivity index (χ4n) is 8.46. The lowest BCUT2D eigenvalue weighted by atomic mass is 9.76. The summed E-state index contributed by atoms with van der Waals surface area (Å²) in [6.45, 7) is 14.6. The second kappa shape index (κ2) is 18.3. The number of rotatable bonds is 22. The molecule has 6 atom stereocenters. The van der Waals surface area contributed by atoms with Gasteiger partial charge in [-0.3, -0.25) is 14.4 Å². The number of fused-ring (bicyclic) bond motifs is 1. The fraction of sp³-hybridized carbons (Fsp3) is 0.638. The van der Waals surface area contributed by atoms with Gasteiger partial charge >= 0.3 is 6.09 Å². The van der Waals surface area contributed by atoms with Crippen molar-refractivity contribution in [1.82, 2.24) is 25.2 Å². The van der Waals surface area contributed by atoms with E-state index in [9.17, 15) is 27.6 Å². The van der Waals surface area contributed by atoms with E-state index in [4.69, 9.17) is 24.9 Å². The van der Waals surface area contributed by atoms with Gasteiger partial charge in [-0.05, 0) is 107 Å². The number of hydrogen-bond acceptors (Lipinski definition) is 11. The van der Waals surface area contributed by atoms with Gasteiger partial charge in [0.2, 0.25) is 27.7 Å². The Labute approximate surface area is 371 Å². The van der Waals surface area contributed by atoms with Gasteiger partial charge in [0.25, 0.3) is 5.91 Å². The lowest BCUT2D eigenvalue weighted by Gasteiger charge is -2.38. The van der Waals surface area contributed by atoms with Crippen molar-refractivity contribution in [3.05, 3.63) is 42.0 Å². The second-order valence-corrected chi connectivity index (χ2v) is 21.9. The molecule has 0 bridgehead atoms. The van der Waals surface area contributed by atoms with Crippen LogP contribution in [0.5, 0.6) is 11.6 Å². The molecule has 0 spiro atoms. The molecule has 2 aromatic rings. The average molecular weight is 889 g/mol. The first-order chi connectivity index (χ1) is 29.8. The van der Waals surface area contributed by atoms with Crippen LogP contribution >= 0.6 is 0 Å². The molecule has 3 saturated carbocycles. The maximum atomic E-state index is 14.5. The zero-order valence-corrected chi connectivity index (χ0v) is 38.2. The van der Waals surface area contributed by atoms with E-state index in [0.29, 0.717) is 55.0 Å². The summed E-state index contributed by atoms with van der Waals surface area (Å²) in [5.74, 6) is 4.22. The smallest absolute Gasteiger partial charge is 0.404 e. The Morgan fingerprint density at radius 3 is 2.51 bits per heavy atom. The van der Waals surface area contributed by atoms with Gasteiger partial charge in [-0.25, -0.2) is 22.9 Å². The first-order valence-corrected chi connectivity index (χ1v) is 24.1. The number of amides is 4. The van der Waals surface area contributed by atoms with Gasteiger partial charge in [-0.1, -0.05) is 57.6 Å². The molecule has 1 saturated heterocycles. The van der Waals surface area contributed by atoms with Crippen molar-refractivity contribution in [1.29, 1.82) is 0 Å². The first kappa shape index (κ1) is 46.1. The van der Waals surface area contributed by atoms with Crippen LogP contribution in [-0.2, 0) is 35.6 Å². The molecule has 4 amide bonds. The highest BCUT2D eigenvalue weighted by Gasteiger charge is 2.56. The number of hydrogen-bond donors (Lipinski definition) is 4. The Morgan fingerprint density at radius 2 is 1.86 bits per heavy atom. The maximum absolute atomic E-state index is 14.5. The molecule has 1 aromatic carbocycles. The van der Waals surface area contributed by atoms with Crippen LogP contribution in [-0.4, -0.2) is 96.4 Å². The van der Waals surface area contributed by atoms with E-state index in [-0.39, 0.29) is 31.4 Å². The number of unbranched alkanes of at least 4 members (excludes halogenated alkanes) is 2. The highest BCUT2D eigenvalue weighted by Crippen LogP contribution is 2.43. The summed E-state index contributed by atoms with van der Waals surface area (Å²) in [6.07, 6.45) is 9.15. The molecule has 16 heteroatoms. The van der Waals surface area contributed by atoms with Crippen LogP contribution in [0.15, 0.2) is 30.9 Å². The molecule has 5 N–H and O–H groups in total. The van der Waals surface area contributed by atoms with Crippen LogP contribution in [0.2, 0.25) is 0 Å². The third kappa shape index (κ3) is 10.9. The Kier molecular flexibility index (Phi) is 13.4. The molecule has 0 unspecified atom stereocenters. The number of sulfonamides is 1. The third-order valence-corrected chi connectivity index (χ3v) is 15.0. The Hall–Kier alpha value is -4.88. The van der Waals surface area contributed by atoms with Gasteiger partial charge in [0.05, 0.1) is 34.9 Å². The Morgan fingerprint density at radius 1 is 1.10 bits per heavy atom. The normalized spacial score (nSPS) is 25.5. The number of ether oxygens (including phenoxy) is 3. The third-order valence-electron chi connectivity index (χ3n) is 12.8. The lowest BCUT2D eigenvalue weighted by molar-refractivity contribution is -0.141. The molecule has 1 aromatic heterocycles. The minimum Gasteiger partial charge on any atom is -0.492 e. The van der Waals surface area contributed by atoms with Gasteiger partial charge < -0.3 is 35.5 Å². The van der Waals surface area contributed by atoms with Crippen molar-refractivity contribution in [3.63, 3.8) is 0 Å². The number of primary amides is 1. The van der Waals surface area contributed by atoms with Crippen molar-refractivity contribution >= 4 is 44.7 Å². The van der Waals surface area contributed by atoms with Crippen molar-refractivity contribution in [2.24, 2.45) is 23.0 Å². The van der Waals surface area contributed by atoms with Gasteiger partial charge in [-0.2, -0.15) is 0 Å². The van der Waals surface area contributed by atoms with E-state index in [1.165, 1.54) is 23.8 Å². The summed E-state index contributed by atoms with van der Waals surface area (Å²) in [5, 5.41) is 7.20. The zero-order valence-electron chi connectivity index (χ0n) is 37.3. The predicted octanol–water partition coefficient (Wildman–Crippen LogP) is 5.11. The number of carbonyl (C=O) groups is 4. The number of nitrogens with two attached hydrogens (primary N) is 1. The van der Waals surface area contributed by atoms with E-state index >= 15 is 0 Å². The van der Waals surface area contributed by atoms with Crippen LogP contribution < -0.4 is 30.6 Å². The Balaban J connectivity index is 1.14. The molecule has 7 rings (SSSR count). The first-order valence-electron chi connectivity index (χ1n) is 22.6. The second-order valence-electron chi connectivity index (χ2n) is 19.7. The maximum Gasteiger partial charge on any atom is 0.404 e. The minimum atomic E-state index is -4.05. The number of pyridine rings is 1. The summed E-state index contributed by atoms with van der Waals surface area (Å²) in [6, 6.07) is 5.57. The molecule has 5 aliphatic rings. The molecule has 342 valence electrons. The molecule has 63 heavy (non-hydrogen) atoms. The number of nitrogens with zero attached hydrogens (tertiary/aromatic N) is 2. The summed E-state index contributed by atoms with van der Waals surface area (Å²) in [4.78, 5) is 60.2. The number of likely N-dealkylation sites (tertiary alicyclic amines) is 1. The molecular weight excluding hydrogens is 825 g/mol.